The molecule has 2 aromatic heterocycles. The molecule has 6 nitrogen and oxygen atoms in total. The van der Waals surface area contributed by atoms with Crippen LogP contribution in [0.3, 0.4) is 0 Å². The Balaban J connectivity index is 1.82. The topological polar surface area (TPSA) is 84.2 Å². The van der Waals surface area contributed by atoms with Gasteiger partial charge in [0.05, 0.1) is 11.1 Å². The van der Waals surface area contributed by atoms with Crippen LogP contribution < -0.4 is 10.9 Å². The summed E-state index contributed by atoms with van der Waals surface area (Å²) in [6, 6.07) is 15.2. The summed E-state index contributed by atoms with van der Waals surface area (Å²) in [6.45, 7) is 0.111. The molecule has 0 spiro atoms. The number of pyridine rings is 2. The van der Waals surface area contributed by atoms with Gasteiger partial charge in [-0.05, 0) is 54.1 Å². The zero-order valence-electron chi connectivity index (χ0n) is 15.5. The van der Waals surface area contributed by atoms with Gasteiger partial charge in [0.2, 0.25) is 0 Å². The summed E-state index contributed by atoms with van der Waals surface area (Å²) < 4.78 is 14.5. The normalized spacial score (nSPS) is 10.9. The van der Waals surface area contributed by atoms with E-state index in [1.807, 2.05) is 0 Å². The molecule has 2 aromatic carbocycles. The quantitative estimate of drug-likeness (QED) is 0.522. The van der Waals surface area contributed by atoms with Crippen molar-refractivity contribution in [2.24, 2.45) is 0 Å². The van der Waals surface area contributed by atoms with Crippen molar-refractivity contribution < 1.29 is 14.3 Å². The molecule has 0 atom stereocenters. The van der Waals surface area contributed by atoms with Crippen LogP contribution in [0.1, 0.15) is 15.9 Å². The number of amides is 1. The Morgan fingerprint density at radius 3 is 2.63 bits per heavy atom. The van der Waals surface area contributed by atoms with E-state index in [9.17, 15) is 19.1 Å². The first kappa shape index (κ1) is 19.6. The highest BCUT2D eigenvalue weighted by atomic mass is 35.5. The number of carbonyl (C=O) groups excluding carboxylic acids is 1. The van der Waals surface area contributed by atoms with Crippen LogP contribution >= 0.6 is 11.6 Å². The van der Waals surface area contributed by atoms with Gasteiger partial charge in [-0.2, -0.15) is 0 Å². The standard InChI is InChI=1S/C22H15ClFN3O3/c23-14-4-1-3-13(11-14)12-26-21(29)18-19(28)17-5-2-10-25-20(17)27(22(18)30)16-8-6-15(24)7-9-16/h1-11,28H,12H2,(H,26,29). The first-order chi connectivity index (χ1) is 14.5. The zero-order chi connectivity index (χ0) is 21.3. The van der Waals surface area contributed by atoms with Crippen molar-refractivity contribution in [3.63, 3.8) is 0 Å². The van der Waals surface area contributed by atoms with E-state index in [0.29, 0.717) is 10.7 Å². The Kier molecular flexibility index (Phi) is 5.20. The van der Waals surface area contributed by atoms with Gasteiger partial charge < -0.3 is 10.4 Å². The zero-order valence-corrected chi connectivity index (χ0v) is 16.2. The van der Waals surface area contributed by atoms with Gasteiger partial charge in [0.1, 0.15) is 17.1 Å². The average Bonchev–Trinajstić information content (AvgIpc) is 2.74. The molecule has 0 aliphatic heterocycles. The third kappa shape index (κ3) is 3.62. The molecule has 4 rings (SSSR count). The maximum Gasteiger partial charge on any atom is 0.273 e. The molecule has 0 saturated carbocycles. The number of benzene rings is 2. The van der Waals surface area contributed by atoms with Gasteiger partial charge in [-0.1, -0.05) is 23.7 Å². The van der Waals surface area contributed by atoms with E-state index in [1.165, 1.54) is 35.0 Å². The molecular weight excluding hydrogens is 409 g/mol. The van der Waals surface area contributed by atoms with Gasteiger partial charge >= 0.3 is 0 Å². The van der Waals surface area contributed by atoms with E-state index in [-0.39, 0.29) is 17.6 Å². The summed E-state index contributed by atoms with van der Waals surface area (Å²) in [7, 11) is 0. The van der Waals surface area contributed by atoms with Crippen LogP contribution in [0.25, 0.3) is 16.7 Å². The van der Waals surface area contributed by atoms with Crippen LogP contribution in [0.4, 0.5) is 4.39 Å². The molecule has 2 N–H and O–H groups in total. The monoisotopic (exact) mass is 423 g/mol. The fourth-order valence-electron chi connectivity index (χ4n) is 3.16. The van der Waals surface area contributed by atoms with Crippen LogP contribution in [0.2, 0.25) is 5.02 Å². The lowest BCUT2D eigenvalue weighted by Crippen LogP contribution is -2.33. The predicted molar refractivity (Wildman–Crippen MR) is 112 cm³/mol. The Morgan fingerprint density at radius 2 is 1.90 bits per heavy atom. The van der Waals surface area contributed by atoms with Crippen LogP contribution in [0, 0.1) is 5.82 Å². The van der Waals surface area contributed by atoms with E-state index < -0.39 is 28.6 Å². The smallest absolute Gasteiger partial charge is 0.273 e. The molecule has 2 heterocycles. The Labute approximate surface area is 175 Å². The molecule has 0 aliphatic carbocycles. The molecule has 0 bridgehead atoms. The highest BCUT2D eigenvalue weighted by molar-refractivity contribution is 6.30. The molecule has 0 fully saturated rings. The number of nitrogens with one attached hydrogen (secondary N) is 1. The van der Waals surface area contributed by atoms with Gasteiger partial charge in [-0.25, -0.2) is 9.37 Å². The van der Waals surface area contributed by atoms with Crippen LogP contribution in [0.15, 0.2) is 71.7 Å². The van der Waals surface area contributed by atoms with Crippen molar-refractivity contribution in [1.29, 1.82) is 0 Å². The van der Waals surface area contributed by atoms with Gasteiger partial charge in [0.15, 0.2) is 5.65 Å². The predicted octanol–water partition coefficient (Wildman–Crippen LogP) is 3.81. The minimum Gasteiger partial charge on any atom is -0.506 e. The van der Waals surface area contributed by atoms with Gasteiger partial charge in [0.25, 0.3) is 11.5 Å². The van der Waals surface area contributed by atoms with Gasteiger partial charge in [-0.3, -0.25) is 14.2 Å². The molecule has 30 heavy (non-hydrogen) atoms. The number of halogens is 2. The molecule has 0 unspecified atom stereocenters. The number of fused-ring (bicyclic) bond motifs is 1. The average molecular weight is 424 g/mol. The van der Waals surface area contributed by atoms with E-state index >= 15 is 0 Å². The number of hydrogen-bond acceptors (Lipinski definition) is 4. The first-order valence-electron chi connectivity index (χ1n) is 8.97. The van der Waals surface area contributed by atoms with Crippen molar-refractivity contribution in [3.8, 4) is 11.4 Å². The van der Waals surface area contributed by atoms with Crippen molar-refractivity contribution in [2.45, 2.75) is 6.54 Å². The minimum atomic E-state index is -0.770. The fraction of sp³-hybridized carbons (Fsp3) is 0.0455. The Morgan fingerprint density at radius 1 is 1.13 bits per heavy atom. The Bertz CT molecular complexity index is 1320. The third-order valence-electron chi connectivity index (χ3n) is 4.56. The summed E-state index contributed by atoms with van der Waals surface area (Å²) in [6.07, 6.45) is 1.46. The molecule has 8 heteroatoms. The number of aromatic nitrogens is 2. The molecule has 0 radical (unpaired) electrons. The fourth-order valence-corrected chi connectivity index (χ4v) is 3.37. The maximum absolute atomic E-state index is 13.4. The summed E-state index contributed by atoms with van der Waals surface area (Å²) in [5, 5.41) is 14.0. The molecule has 4 aromatic rings. The highest BCUT2D eigenvalue weighted by Crippen LogP contribution is 2.26. The summed E-state index contributed by atoms with van der Waals surface area (Å²) in [4.78, 5) is 30.2. The lowest BCUT2D eigenvalue weighted by Gasteiger charge is -2.14. The van der Waals surface area contributed by atoms with Crippen LogP contribution in [-0.4, -0.2) is 20.6 Å². The first-order valence-corrected chi connectivity index (χ1v) is 9.35. The molecule has 1 amide bonds. The second-order valence-electron chi connectivity index (χ2n) is 6.53. The van der Waals surface area contributed by atoms with Crippen molar-refractivity contribution in [3.05, 3.63) is 99.2 Å². The van der Waals surface area contributed by atoms with Crippen LogP contribution in [-0.2, 0) is 6.54 Å². The molecule has 0 saturated heterocycles. The van der Waals surface area contributed by atoms with E-state index in [2.05, 4.69) is 10.3 Å². The van der Waals surface area contributed by atoms with Crippen molar-refractivity contribution in [2.75, 3.05) is 0 Å². The van der Waals surface area contributed by atoms with E-state index in [1.54, 1.807) is 36.4 Å². The minimum absolute atomic E-state index is 0.111. The second-order valence-corrected chi connectivity index (χ2v) is 6.96. The maximum atomic E-state index is 13.4. The summed E-state index contributed by atoms with van der Waals surface area (Å²) in [5.74, 6) is -1.69. The molecule has 150 valence electrons. The number of nitrogens with zero attached hydrogens (tertiary/aromatic N) is 2. The van der Waals surface area contributed by atoms with Gasteiger partial charge in [0, 0.05) is 17.8 Å². The number of aromatic hydroxyl groups is 1. The van der Waals surface area contributed by atoms with E-state index in [4.69, 9.17) is 11.6 Å². The lowest BCUT2D eigenvalue weighted by molar-refractivity contribution is 0.0946. The second kappa shape index (κ2) is 7.96. The van der Waals surface area contributed by atoms with Crippen molar-refractivity contribution >= 4 is 28.5 Å². The Hall–Kier alpha value is -3.71. The number of hydrogen-bond donors (Lipinski definition) is 2. The van der Waals surface area contributed by atoms with E-state index in [0.717, 1.165) is 5.56 Å². The largest absolute Gasteiger partial charge is 0.506 e. The van der Waals surface area contributed by atoms with Crippen molar-refractivity contribution in [1.82, 2.24) is 14.9 Å². The number of carbonyl (C=O) groups is 1. The molecule has 0 aliphatic rings. The van der Waals surface area contributed by atoms with Crippen LogP contribution in [0.5, 0.6) is 5.75 Å². The SMILES string of the molecule is O=C(NCc1cccc(Cl)c1)c1c(O)c2cccnc2n(-c2ccc(F)cc2)c1=O. The highest BCUT2D eigenvalue weighted by Gasteiger charge is 2.23. The lowest BCUT2D eigenvalue weighted by atomic mass is 10.1. The molecular formula is C22H15ClFN3O3. The van der Waals surface area contributed by atoms with Gasteiger partial charge in [-0.15, -0.1) is 0 Å². The summed E-state index contributed by atoms with van der Waals surface area (Å²) in [5.41, 5.74) is -0.000554. The third-order valence-corrected chi connectivity index (χ3v) is 4.80. The summed E-state index contributed by atoms with van der Waals surface area (Å²) >= 11 is 5.95. The number of rotatable bonds is 4.